The van der Waals surface area contributed by atoms with Gasteiger partial charge in [0.1, 0.15) is 11.6 Å². The van der Waals surface area contributed by atoms with Crippen molar-refractivity contribution in [1.29, 1.82) is 0 Å². The number of benzene rings is 2. The Bertz CT molecular complexity index is 1110. The van der Waals surface area contributed by atoms with Gasteiger partial charge in [-0.1, -0.05) is 22.0 Å². The molecule has 0 saturated carbocycles. The fourth-order valence-corrected chi connectivity index (χ4v) is 3.88. The summed E-state index contributed by atoms with van der Waals surface area (Å²) in [6.07, 6.45) is -0.724. The summed E-state index contributed by atoms with van der Waals surface area (Å²) in [6, 6.07) is 7.04. The van der Waals surface area contributed by atoms with Crippen molar-refractivity contribution in [3.05, 3.63) is 69.2 Å². The van der Waals surface area contributed by atoms with Crippen LogP contribution in [-0.2, 0) is 31.1 Å². The maximum Gasteiger partial charge on any atom is 0.326 e. The van der Waals surface area contributed by atoms with E-state index in [-0.39, 0.29) is 16.7 Å². The summed E-state index contributed by atoms with van der Waals surface area (Å²) in [5.74, 6) is -5.29. The summed E-state index contributed by atoms with van der Waals surface area (Å²) in [5, 5.41) is 2.31. The Balaban J connectivity index is 2.23. The van der Waals surface area contributed by atoms with Crippen molar-refractivity contribution in [2.24, 2.45) is 0 Å². The lowest BCUT2D eigenvalue weighted by molar-refractivity contribution is -0.158. The van der Waals surface area contributed by atoms with Crippen LogP contribution >= 0.6 is 15.9 Å². The van der Waals surface area contributed by atoms with Crippen LogP contribution in [0.4, 0.5) is 8.78 Å². The number of fused-ring (bicyclic) bond motifs is 1. The third kappa shape index (κ3) is 3.83. The van der Waals surface area contributed by atoms with E-state index >= 15 is 0 Å². The minimum atomic E-state index is -2.31. The van der Waals surface area contributed by atoms with E-state index in [0.29, 0.717) is 9.37 Å². The summed E-state index contributed by atoms with van der Waals surface area (Å²) in [4.78, 5) is 52.4. The third-order valence-corrected chi connectivity index (χ3v) is 5.60. The summed E-state index contributed by atoms with van der Waals surface area (Å²) in [5.41, 5.74) is -2.74. The van der Waals surface area contributed by atoms with E-state index in [9.17, 15) is 28.0 Å². The highest BCUT2D eigenvalue weighted by Gasteiger charge is 2.58. The van der Waals surface area contributed by atoms with Crippen molar-refractivity contribution in [2.75, 3.05) is 14.2 Å². The molecule has 0 radical (unpaired) electrons. The molecule has 1 N–H and O–H groups in total. The fraction of sp³-hybridized carbons (Fsp3) is 0.238. The Morgan fingerprint density at radius 3 is 2.48 bits per heavy atom. The first-order valence-electron chi connectivity index (χ1n) is 9.05. The third-order valence-electron chi connectivity index (χ3n) is 5.11. The standard InChI is InChI=1S/C21H17BrF2N2O5/c1-25-17(27)9-21(20(30)31-2)15-8-13(23)5-6-14(15)18(28)26(19(21)29)10-11-3-4-12(22)7-16(11)24/h3-8H,9-10H2,1-2H3,(H,25,27). The molecule has 2 aromatic rings. The normalized spacial score (nSPS) is 17.9. The Hall–Kier alpha value is -3.14. The number of hydrogen-bond donors (Lipinski definition) is 1. The monoisotopic (exact) mass is 494 g/mol. The number of methoxy groups -OCH3 is 1. The number of hydrogen-bond acceptors (Lipinski definition) is 5. The van der Waals surface area contributed by atoms with Gasteiger partial charge in [-0.15, -0.1) is 0 Å². The number of nitrogens with one attached hydrogen (secondary N) is 1. The summed E-state index contributed by atoms with van der Waals surface area (Å²) < 4.78 is 33.7. The molecule has 2 aromatic carbocycles. The van der Waals surface area contributed by atoms with Gasteiger partial charge in [0.05, 0.1) is 20.1 Å². The van der Waals surface area contributed by atoms with E-state index in [0.717, 1.165) is 31.4 Å². The number of carbonyl (C=O) groups excluding carboxylic acids is 4. The second kappa shape index (κ2) is 8.54. The molecule has 3 rings (SSSR count). The number of amides is 3. The molecule has 3 amide bonds. The summed E-state index contributed by atoms with van der Waals surface area (Å²) >= 11 is 3.13. The minimum Gasteiger partial charge on any atom is -0.468 e. The number of ether oxygens (including phenoxy) is 1. The largest absolute Gasteiger partial charge is 0.468 e. The zero-order valence-corrected chi connectivity index (χ0v) is 18.1. The second-order valence-electron chi connectivity index (χ2n) is 6.87. The van der Waals surface area contributed by atoms with E-state index in [1.54, 1.807) is 0 Å². The zero-order valence-electron chi connectivity index (χ0n) is 16.5. The van der Waals surface area contributed by atoms with Crippen LogP contribution in [0.2, 0.25) is 0 Å². The molecule has 0 aliphatic carbocycles. The molecule has 1 atom stereocenters. The topological polar surface area (TPSA) is 92.8 Å². The van der Waals surface area contributed by atoms with Gasteiger partial charge in [-0.05, 0) is 35.9 Å². The second-order valence-corrected chi connectivity index (χ2v) is 7.78. The highest BCUT2D eigenvalue weighted by Crippen LogP contribution is 2.40. The first-order chi connectivity index (χ1) is 14.6. The van der Waals surface area contributed by atoms with Crippen LogP contribution in [0.15, 0.2) is 40.9 Å². The van der Waals surface area contributed by atoms with Gasteiger partial charge < -0.3 is 10.1 Å². The van der Waals surface area contributed by atoms with Crippen molar-refractivity contribution in [3.8, 4) is 0 Å². The molecule has 0 fully saturated rings. The predicted octanol–water partition coefficient (Wildman–Crippen LogP) is 2.46. The van der Waals surface area contributed by atoms with Crippen LogP contribution in [-0.4, -0.2) is 42.7 Å². The molecule has 7 nitrogen and oxygen atoms in total. The van der Waals surface area contributed by atoms with Crippen molar-refractivity contribution in [1.82, 2.24) is 10.2 Å². The van der Waals surface area contributed by atoms with E-state index in [2.05, 4.69) is 21.2 Å². The van der Waals surface area contributed by atoms with Gasteiger partial charge >= 0.3 is 5.97 Å². The fourth-order valence-electron chi connectivity index (χ4n) is 3.55. The van der Waals surface area contributed by atoms with E-state index in [1.807, 2.05) is 0 Å². The molecule has 10 heteroatoms. The first-order valence-corrected chi connectivity index (χ1v) is 9.84. The van der Waals surface area contributed by atoms with Crippen LogP contribution < -0.4 is 5.32 Å². The van der Waals surface area contributed by atoms with E-state index in [4.69, 9.17) is 4.74 Å². The molecule has 1 aliphatic rings. The highest BCUT2D eigenvalue weighted by molar-refractivity contribution is 9.10. The zero-order chi connectivity index (χ0) is 22.9. The van der Waals surface area contributed by atoms with Crippen LogP contribution in [0.1, 0.15) is 27.9 Å². The Morgan fingerprint density at radius 2 is 1.87 bits per heavy atom. The molecule has 0 saturated heterocycles. The molecule has 0 spiro atoms. The predicted molar refractivity (Wildman–Crippen MR) is 108 cm³/mol. The molecule has 1 heterocycles. The van der Waals surface area contributed by atoms with Gasteiger partial charge in [-0.3, -0.25) is 24.1 Å². The van der Waals surface area contributed by atoms with Gasteiger partial charge in [0.2, 0.25) is 5.91 Å². The molecule has 0 aromatic heterocycles. The number of halogens is 3. The van der Waals surface area contributed by atoms with E-state index < -0.39 is 53.7 Å². The highest BCUT2D eigenvalue weighted by atomic mass is 79.9. The van der Waals surface area contributed by atoms with Gasteiger partial charge in [-0.25, -0.2) is 8.78 Å². The van der Waals surface area contributed by atoms with Crippen LogP contribution in [0, 0.1) is 11.6 Å². The number of rotatable bonds is 5. The van der Waals surface area contributed by atoms with E-state index in [1.165, 1.54) is 19.2 Å². The lowest BCUT2D eigenvalue weighted by Crippen LogP contribution is -2.59. The minimum absolute atomic E-state index is 0.00849. The number of imide groups is 1. The average molecular weight is 495 g/mol. The van der Waals surface area contributed by atoms with Crippen LogP contribution in [0.5, 0.6) is 0 Å². The molecule has 1 unspecified atom stereocenters. The van der Waals surface area contributed by atoms with Crippen LogP contribution in [0.25, 0.3) is 0 Å². The number of carbonyl (C=O) groups is 4. The maximum atomic E-state index is 14.4. The lowest BCUT2D eigenvalue weighted by Gasteiger charge is -2.39. The Morgan fingerprint density at radius 1 is 1.16 bits per heavy atom. The maximum absolute atomic E-state index is 14.4. The molecular formula is C21H17BrF2N2O5. The van der Waals surface area contributed by atoms with Crippen molar-refractivity contribution >= 4 is 39.6 Å². The Kier molecular flexibility index (Phi) is 6.21. The molecule has 31 heavy (non-hydrogen) atoms. The molecule has 0 bridgehead atoms. The summed E-state index contributed by atoms with van der Waals surface area (Å²) in [7, 11) is 2.31. The molecule has 1 aliphatic heterocycles. The smallest absolute Gasteiger partial charge is 0.326 e. The Labute approximate surface area is 184 Å². The molecule has 162 valence electrons. The number of nitrogens with zero attached hydrogens (tertiary/aromatic N) is 1. The quantitative estimate of drug-likeness (QED) is 0.391. The van der Waals surface area contributed by atoms with Crippen LogP contribution in [0.3, 0.4) is 0 Å². The van der Waals surface area contributed by atoms with Gasteiger partial charge in [0.25, 0.3) is 11.8 Å². The lowest BCUT2D eigenvalue weighted by atomic mass is 9.71. The van der Waals surface area contributed by atoms with Gasteiger partial charge in [-0.2, -0.15) is 0 Å². The van der Waals surface area contributed by atoms with Crippen molar-refractivity contribution in [3.63, 3.8) is 0 Å². The van der Waals surface area contributed by atoms with Crippen molar-refractivity contribution in [2.45, 2.75) is 18.4 Å². The van der Waals surface area contributed by atoms with Crippen molar-refractivity contribution < 1.29 is 32.7 Å². The molecular weight excluding hydrogens is 478 g/mol. The van der Waals surface area contributed by atoms with Gasteiger partial charge in [0.15, 0.2) is 5.41 Å². The average Bonchev–Trinajstić information content (AvgIpc) is 2.74. The SMILES string of the molecule is CNC(=O)CC1(C(=O)OC)C(=O)N(Cc2ccc(Br)cc2F)C(=O)c2ccc(F)cc21. The number of esters is 1. The van der Waals surface area contributed by atoms with Gasteiger partial charge in [0, 0.05) is 22.6 Å². The summed E-state index contributed by atoms with van der Waals surface area (Å²) in [6.45, 7) is -0.500. The first kappa shape index (κ1) is 22.5.